The number of hydrogen-bond acceptors (Lipinski definition) is 1. The van der Waals surface area contributed by atoms with Crippen LogP contribution in [0.15, 0.2) is 162 Å². The molecule has 0 unspecified atom stereocenters. The summed E-state index contributed by atoms with van der Waals surface area (Å²) in [4.78, 5) is 0. The van der Waals surface area contributed by atoms with Crippen LogP contribution in [0.4, 0.5) is 0 Å². The molecule has 1 heterocycles. The number of hydrogen-bond donors (Lipinski definition) is 0. The smallest absolute Gasteiger partial charge is 0.143 e. The SMILES string of the molecule is [2H]c1c([2H])c([2H])c(-c2c3ccccc3c(-c3cccc4oc5c6ccccc6ccc5c34)c3ccccc23)c(-c2ccccc2)c1[2H]. The fourth-order valence-corrected chi connectivity index (χ4v) is 6.77. The van der Waals surface area contributed by atoms with Crippen LogP contribution in [0.25, 0.3) is 87.6 Å². The molecule has 9 rings (SSSR count). The molecule has 0 aliphatic rings. The number of rotatable bonds is 3. The number of benzene rings is 8. The average Bonchev–Trinajstić information content (AvgIpc) is 3.51. The van der Waals surface area contributed by atoms with Gasteiger partial charge in [-0.2, -0.15) is 0 Å². The van der Waals surface area contributed by atoms with Gasteiger partial charge in [-0.3, -0.25) is 0 Å². The molecular formula is C42H26O. The predicted octanol–water partition coefficient (Wildman–Crippen LogP) is 12.0. The van der Waals surface area contributed by atoms with Crippen LogP contribution in [-0.4, -0.2) is 0 Å². The van der Waals surface area contributed by atoms with Gasteiger partial charge in [0.15, 0.2) is 0 Å². The third-order valence-corrected chi connectivity index (χ3v) is 8.59. The van der Waals surface area contributed by atoms with Crippen LogP contribution in [-0.2, 0) is 0 Å². The van der Waals surface area contributed by atoms with Crippen molar-refractivity contribution >= 4 is 54.3 Å². The molecule has 0 saturated heterocycles. The summed E-state index contributed by atoms with van der Waals surface area (Å²) < 4.78 is 42.2. The van der Waals surface area contributed by atoms with Gasteiger partial charge >= 0.3 is 0 Å². The highest BCUT2D eigenvalue weighted by Gasteiger charge is 2.21. The van der Waals surface area contributed by atoms with E-state index in [0.717, 1.165) is 76.5 Å². The molecule has 0 spiro atoms. The molecule has 1 heteroatoms. The lowest BCUT2D eigenvalue weighted by Crippen LogP contribution is -1.93. The fourth-order valence-electron chi connectivity index (χ4n) is 6.77. The van der Waals surface area contributed by atoms with Crippen molar-refractivity contribution in [2.45, 2.75) is 0 Å². The standard InChI is InChI=1S/C42H26O/c1-2-13-27(14-3-1)29-16-6-7-18-31(29)39-32-19-8-10-21-34(32)40(35-22-11-9-20-33(35)39)36-23-12-24-38-41(36)37-26-25-28-15-4-5-17-30(28)42(37)43-38/h1-26H/i6D,7D,16D,18D. The first-order valence-corrected chi connectivity index (χ1v) is 14.5. The van der Waals surface area contributed by atoms with E-state index < -0.39 is 0 Å². The molecule has 0 amide bonds. The molecule has 200 valence electrons. The minimum atomic E-state index is -0.246. The normalized spacial score (nSPS) is 13.0. The molecule has 0 radical (unpaired) electrons. The van der Waals surface area contributed by atoms with Crippen molar-refractivity contribution < 1.29 is 9.90 Å². The second-order valence-electron chi connectivity index (χ2n) is 10.9. The maximum atomic E-state index is 9.27. The first-order valence-electron chi connectivity index (χ1n) is 16.5. The summed E-state index contributed by atoms with van der Waals surface area (Å²) >= 11 is 0. The maximum Gasteiger partial charge on any atom is 0.143 e. The van der Waals surface area contributed by atoms with Gasteiger partial charge in [-0.05, 0) is 72.4 Å². The Kier molecular flexibility index (Phi) is 4.45. The van der Waals surface area contributed by atoms with E-state index in [1.807, 2.05) is 78.9 Å². The Labute approximate surface area is 254 Å². The molecule has 0 fully saturated rings. The van der Waals surface area contributed by atoms with E-state index in [1.54, 1.807) is 0 Å². The Balaban J connectivity index is 1.46. The van der Waals surface area contributed by atoms with Crippen LogP contribution < -0.4 is 0 Å². The van der Waals surface area contributed by atoms with Crippen LogP contribution in [0.5, 0.6) is 0 Å². The highest BCUT2D eigenvalue weighted by Crippen LogP contribution is 2.48. The predicted molar refractivity (Wildman–Crippen MR) is 183 cm³/mol. The van der Waals surface area contributed by atoms with E-state index in [4.69, 9.17) is 8.53 Å². The first-order chi connectivity index (χ1) is 23.0. The summed E-state index contributed by atoms with van der Waals surface area (Å²) in [6, 6.07) is 44.2. The minimum Gasteiger partial charge on any atom is -0.455 e. The fraction of sp³-hybridized carbons (Fsp3) is 0. The third kappa shape index (κ3) is 3.58. The van der Waals surface area contributed by atoms with E-state index in [9.17, 15) is 1.37 Å². The van der Waals surface area contributed by atoms with Gasteiger partial charge in [0.2, 0.25) is 0 Å². The Morgan fingerprint density at radius 2 is 1.00 bits per heavy atom. The number of fused-ring (bicyclic) bond motifs is 7. The zero-order chi connectivity index (χ0) is 31.8. The molecular weight excluding hydrogens is 520 g/mol. The zero-order valence-corrected chi connectivity index (χ0v) is 23.1. The van der Waals surface area contributed by atoms with Gasteiger partial charge in [-0.15, -0.1) is 0 Å². The average molecular weight is 551 g/mol. The van der Waals surface area contributed by atoms with Crippen molar-refractivity contribution in [1.29, 1.82) is 0 Å². The van der Waals surface area contributed by atoms with Gasteiger partial charge in [0, 0.05) is 16.2 Å². The van der Waals surface area contributed by atoms with Gasteiger partial charge in [0.05, 0.1) is 5.48 Å². The van der Waals surface area contributed by atoms with Crippen molar-refractivity contribution in [2.24, 2.45) is 0 Å². The maximum absolute atomic E-state index is 9.27. The van der Waals surface area contributed by atoms with Crippen molar-refractivity contribution in [3.63, 3.8) is 0 Å². The first kappa shape index (κ1) is 20.3. The van der Waals surface area contributed by atoms with Crippen molar-refractivity contribution in [3.05, 3.63) is 158 Å². The lowest BCUT2D eigenvalue weighted by atomic mass is 9.83. The van der Waals surface area contributed by atoms with E-state index in [1.165, 1.54) is 0 Å². The van der Waals surface area contributed by atoms with Crippen LogP contribution in [0.1, 0.15) is 5.48 Å². The van der Waals surface area contributed by atoms with Gasteiger partial charge in [0.1, 0.15) is 11.2 Å². The van der Waals surface area contributed by atoms with Crippen LogP contribution in [0.3, 0.4) is 0 Å². The Bertz CT molecular complexity index is 2670. The van der Waals surface area contributed by atoms with Crippen molar-refractivity contribution in [1.82, 2.24) is 0 Å². The molecule has 0 bridgehead atoms. The summed E-state index contributed by atoms with van der Waals surface area (Å²) in [5.41, 5.74) is 6.32. The van der Waals surface area contributed by atoms with Crippen molar-refractivity contribution in [3.8, 4) is 33.4 Å². The summed E-state index contributed by atoms with van der Waals surface area (Å²) in [6.45, 7) is 0. The minimum absolute atomic E-state index is 0.0497. The van der Waals surface area contributed by atoms with Crippen molar-refractivity contribution in [2.75, 3.05) is 0 Å². The molecule has 0 N–H and O–H groups in total. The summed E-state index contributed by atoms with van der Waals surface area (Å²) in [6.07, 6.45) is 0. The van der Waals surface area contributed by atoms with Gasteiger partial charge < -0.3 is 4.42 Å². The highest BCUT2D eigenvalue weighted by atomic mass is 16.3. The Hall–Kier alpha value is -5.66. The summed E-state index contributed by atoms with van der Waals surface area (Å²) in [5.74, 6) is 0. The molecule has 9 aromatic rings. The number of furan rings is 1. The van der Waals surface area contributed by atoms with E-state index in [-0.39, 0.29) is 24.2 Å². The van der Waals surface area contributed by atoms with E-state index >= 15 is 0 Å². The summed E-state index contributed by atoms with van der Waals surface area (Å²) in [7, 11) is 0. The lowest BCUT2D eigenvalue weighted by molar-refractivity contribution is 0.673. The molecule has 0 aliphatic carbocycles. The van der Waals surface area contributed by atoms with Gasteiger partial charge in [-0.25, -0.2) is 0 Å². The highest BCUT2D eigenvalue weighted by molar-refractivity contribution is 6.27. The monoisotopic (exact) mass is 550 g/mol. The molecule has 1 nitrogen and oxygen atoms in total. The lowest BCUT2D eigenvalue weighted by Gasteiger charge is -2.20. The molecule has 1 aromatic heterocycles. The van der Waals surface area contributed by atoms with Gasteiger partial charge in [0.25, 0.3) is 0 Å². The van der Waals surface area contributed by atoms with Crippen LogP contribution in [0.2, 0.25) is 0 Å². The van der Waals surface area contributed by atoms with E-state index in [0.29, 0.717) is 11.1 Å². The topological polar surface area (TPSA) is 13.1 Å². The second kappa shape index (κ2) is 9.44. The molecule has 43 heavy (non-hydrogen) atoms. The van der Waals surface area contributed by atoms with Crippen LogP contribution >= 0.6 is 0 Å². The second-order valence-corrected chi connectivity index (χ2v) is 10.9. The Morgan fingerprint density at radius 3 is 1.70 bits per heavy atom. The molecule has 0 saturated carbocycles. The molecule has 8 aromatic carbocycles. The molecule has 0 atom stereocenters. The largest absolute Gasteiger partial charge is 0.455 e. The zero-order valence-electron chi connectivity index (χ0n) is 27.1. The summed E-state index contributed by atoms with van der Waals surface area (Å²) in [5, 5.41) is 8.12. The Morgan fingerprint density at radius 1 is 0.419 bits per heavy atom. The third-order valence-electron chi connectivity index (χ3n) is 8.59. The van der Waals surface area contributed by atoms with Gasteiger partial charge in [-0.1, -0.05) is 145 Å². The van der Waals surface area contributed by atoms with Crippen LogP contribution in [0, 0.1) is 0 Å². The quantitative estimate of drug-likeness (QED) is 0.199. The molecule has 0 aliphatic heterocycles. The van der Waals surface area contributed by atoms with E-state index in [2.05, 4.69) is 54.6 Å².